The lowest BCUT2D eigenvalue weighted by molar-refractivity contribution is -0.169. The van der Waals surface area contributed by atoms with Gasteiger partial charge in [-0.25, -0.2) is 4.79 Å². The van der Waals surface area contributed by atoms with E-state index in [9.17, 15) is 14.4 Å². The van der Waals surface area contributed by atoms with Crippen LogP contribution in [-0.2, 0) is 28.6 Å². The monoisotopic (exact) mass is 356 g/mol. The highest BCUT2D eigenvalue weighted by Gasteiger charge is 2.29. The van der Waals surface area contributed by atoms with Crippen LogP contribution in [0.15, 0.2) is 0 Å². The van der Waals surface area contributed by atoms with Crippen molar-refractivity contribution in [2.45, 2.75) is 51.9 Å². The summed E-state index contributed by atoms with van der Waals surface area (Å²) in [5, 5.41) is 0. The Labute approximate surface area is 148 Å². The van der Waals surface area contributed by atoms with Crippen LogP contribution in [0.1, 0.15) is 33.6 Å². The number of carbonyl (C=O) groups is 3. The van der Waals surface area contributed by atoms with Crippen LogP contribution in [0.2, 0.25) is 0 Å². The Morgan fingerprint density at radius 1 is 1.08 bits per heavy atom. The molecule has 2 fully saturated rings. The second kappa shape index (κ2) is 9.15. The number of hydrogen-bond donors (Lipinski definition) is 0. The molecule has 0 aromatic carbocycles. The Hall–Kier alpha value is -1.67. The molecule has 0 bridgehead atoms. The summed E-state index contributed by atoms with van der Waals surface area (Å²) in [5.41, 5.74) is 0. The van der Waals surface area contributed by atoms with Crippen LogP contribution in [0, 0.1) is 0 Å². The van der Waals surface area contributed by atoms with Gasteiger partial charge in [0.05, 0.1) is 12.7 Å². The minimum absolute atomic E-state index is 0.00351. The first kappa shape index (κ1) is 19.7. The summed E-state index contributed by atoms with van der Waals surface area (Å²) in [6.07, 6.45) is 0.365. The smallest absolute Gasteiger partial charge is 0.335 e. The highest BCUT2D eigenvalue weighted by Crippen LogP contribution is 2.13. The molecular formula is C17H28N2O6. The maximum absolute atomic E-state index is 12.4. The van der Waals surface area contributed by atoms with Crippen molar-refractivity contribution in [3.8, 4) is 0 Å². The number of rotatable bonds is 6. The number of esters is 1. The average Bonchev–Trinajstić information content (AvgIpc) is 3.12. The van der Waals surface area contributed by atoms with E-state index in [2.05, 4.69) is 0 Å². The fraction of sp³-hybridized carbons (Fsp3) is 0.824. The van der Waals surface area contributed by atoms with Crippen molar-refractivity contribution in [1.29, 1.82) is 0 Å². The minimum atomic E-state index is -0.870. The standard InChI is InChI=1S/C17H28N2O6/c1-12(16(21)19-8-6-18(7-9-19)14(3)20)25-17(22)13(2)24-11-15-5-4-10-23-15/h12-13,15H,4-11H2,1-3H3. The molecule has 25 heavy (non-hydrogen) atoms. The van der Waals surface area contributed by atoms with Crippen molar-refractivity contribution in [1.82, 2.24) is 9.80 Å². The van der Waals surface area contributed by atoms with Gasteiger partial charge in [-0.15, -0.1) is 0 Å². The average molecular weight is 356 g/mol. The molecule has 3 unspecified atom stereocenters. The third kappa shape index (κ3) is 5.67. The van der Waals surface area contributed by atoms with E-state index < -0.39 is 18.2 Å². The number of hydrogen-bond acceptors (Lipinski definition) is 6. The fourth-order valence-electron chi connectivity index (χ4n) is 2.91. The van der Waals surface area contributed by atoms with Gasteiger partial charge in [-0.1, -0.05) is 0 Å². The molecule has 2 amide bonds. The molecule has 0 aromatic heterocycles. The van der Waals surface area contributed by atoms with Crippen molar-refractivity contribution in [2.75, 3.05) is 39.4 Å². The van der Waals surface area contributed by atoms with E-state index in [4.69, 9.17) is 14.2 Å². The van der Waals surface area contributed by atoms with Gasteiger partial charge < -0.3 is 24.0 Å². The lowest BCUT2D eigenvalue weighted by atomic mass is 10.2. The number of piperazine rings is 1. The molecule has 2 rings (SSSR count). The highest BCUT2D eigenvalue weighted by atomic mass is 16.6. The summed E-state index contributed by atoms with van der Waals surface area (Å²) in [5.74, 6) is -0.798. The number of amides is 2. The first-order valence-electron chi connectivity index (χ1n) is 8.86. The molecule has 2 saturated heterocycles. The van der Waals surface area contributed by atoms with Crippen LogP contribution < -0.4 is 0 Å². The zero-order chi connectivity index (χ0) is 18.4. The summed E-state index contributed by atoms with van der Waals surface area (Å²) in [7, 11) is 0. The van der Waals surface area contributed by atoms with E-state index in [1.54, 1.807) is 23.6 Å². The highest BCUT2D eigenvalue weighted by molar-refractivity contribution is 5.84. The van der Waals surface area contributed by atoms with Gasteiger partial charge in [0.25, 0.3) is 5.91 Å². The van der Waals surface area contributed by atoms with E-state index in [0.29, 0.717) is 32.8 Å². The number of nitrogens with zero attached hydrogens (tertiary/aromatic N) is 2. The van der Waals surface area contributed by atoms with E-state index in [1.807, 2.05) is 0 Å². The van der Waals surface area contributed by atoms with Crippen LogP contribution in [0.25, 0.3) is 0 Å². The number of carbonyl (C=O) groups excluding carboxylic acids is 3. The summed E-state index contributed by atoms with van der Waals surface area (Å²) in [4.78, 5) is 39.1. The maximum atomic E-state index is 12.4. The van der Waals surface area contributed by atoms with Crippen molar-refractivity contribution >= 4 is 17.8 Å². The molecule has 3 atom stereocenters. The summed E-state index contributed by atoms with van der Waals surface area (Å²) >= 11 is 0. The molecule has 0 aromatic rings. The van der Waals surface area contributed by atoms with Crippen LogP contribution in [0.3, 0.4) is 0 Å². The molecule has 0 spiro atoms. The summed E-state index contributed by atoms with van der Waals surface area (Å²) in [6, 6.07) is 0. The van der Waals surface area contributed by atoms with Gasteiger partial charge in [0, 0.05) is 39.7 Å². The molecule has 0 aliphatic carbocycles. The van der Waals surface area contributed by atoms with E-state index >= 15 is 0 Å². The van der Waals surface area contributed by atoms with Gasteiger partial charge in [-0.05, 0) is 26.7 Å². The van der Waals surface area contributed by atoms with Crippen molar-refractivity contribution in [3.05, 3.63) is 0 Å². The summed E-state index contributed by atoms with van der Waals surface area (Å²) < 4.78 is 16.2. The SMILES string of the molecule is CC(=O)N1CCN(C(=O)C(C)OC(=O)C(C)OCC2CCCO2)CC1. The second-order valence-electron chi connectivity index (χ2n) is 6.52. The number of ether oxygens (including phenoxy) is 3. The first-order chi connectivity index (χ1) is 11.9. The van der Waals surface area contributed by atoms with Crippen LogP contribution >= 0.6 is 0 Å². The van der Waals surface area contributed by atoms with Gasteiger partial charge in [0.2, 0.25) is 5.91 Å². The van der Waals surface area contributed by atoms with E-state index in [1.165, 1.54) is 6.92 Å². The molecule has 0 saturated carbocycles. The zero-order valence-electron chi connectivity index (χ0n) is 15.2. The lowest BCUT2D eigenvalue weighted by Crippen LogP contribution is -2.52. The van der Waals surface area contributed by atoms with E-state index in [0.717, 1.165) is 19.4 Å². The van der Waals surface area contributed by atoms with Gasteiger partial charge >= 0.3 is 5.97 Å². The molecule has 2 heterocycles. The Balaban J connectivity index is 1.72. The molecule has 2 aliphatic rings. The Morgan fingerprint density at radius 2 is 1.72 bits per heavy atom. The zero-order valence-corrected chi connectivity index (χ0v) is 15.2. The second-order valence-corrected chi connectivity index (χ2v) is 6.52. The molecule has 0 radical (unpaired) electrons. The quantitative estimate of drug-likeness (QED) is 0.632. The summed E-state index contributed by atoms with van der Waals surface area (Å²) in [6.45, 7) is 7.67. The third-order valence-electron chi connectivity index (χ3n) is 4.57. The van der Waals surface area contributed by atoms with Crippen molar-refractivity contribution in [2.24, 2.45) is 0 Å². The first-order valence-corrected chi connectivity index (χ1v) is 8.86. The van der Waals surface area contributed by atoms with Crippen LogP contribution in [0.4, 0.5) is 0 Å². The topological polar surface area (TPSA) is 85.4 Å². The fourth-order valence-corrected chi connectivity index (χ4v) is 2.91. The van der Waals surface area contributed by atoms with Gasteiger partial charge in [-0.2, -0.15) is 0 Å². The third-order valence-corrected chi connectivity index (χ3v) is 4.57. The minimum Gasteiger partial charge on any atom is -0.451 e. The molecule has 142 valence electrons. The van der Waals surface area contributed by atoms with Gasteiger partial charge in [0.15, 0.2) is 12.2 Å². The molecule has 8 nitrogen and oxygen atoms in total. The molecule has 2 aliphatic heterocycles. The predicted octanol–water partition coefficient (Wildman–Crippen LogP) is 0.193. The largest absolute Gasteiger partial charge is 0.451 e. The van der Waals surface area contributed by atoms with Gasteiger partial charge in [0.1, 0.15) is 0 Å². The van der Waals surface area contributed by atoms with Gasteiger partial charge in [-0.3, -0.25) is 9.59 Å². The molecular weight excluding hydrogens is 328 g/mol. The van der Waals surface area contributed by atoms with E-state index in [-0.39, 0.29) is 17.9 Å². The Morgan fingerprint density at radius 3 is 2.28 bits per heavy atom. The van der Waals surface area contributed by atoms with Crippen LogP contribution in [0.5, 0.6) is 0 Å². The predicted molar refractivity (Wildman–Crippen MR) is 88.8 cm³/mol. The normalized spacial score (nSPS) is 23.2. The van der Waals surface area contributed by atoms with Crippen molar-refractivity contribution < 1.29 is 28.6 Å². The van der Waals surface area contributed by atoms with Crippen LogP contribution in [-0.4, -0.2) is 85.3 Å². The Bertz CT molecular complexity index is 484. The molecule has 0 N–H and O–H groups in total. The Kier molecular flexibility index (Phi) is 7.19. The molecule has 8 heteroatoms. The lowest BCUT2D eigenvalue weighted by Gasteiger charge is -2.35. The maximum Gasteiger partial charge on any atom is 0.335 e. The van der Waals surface area contributed by atoms with Crippen molar-refractivity contribution in [3.63, 3.8) is 0 Å².